The number of nitrogens with zero attached hydrogens (tertiary/aromatic N) is 4. The molecule has 0 atom stereocenters. The third-order valence-electron chi connectivity index (χ3n) is 3.18. The van der Waals surface area contributed by atoms with Gasteiger partial charge in [-0.1, -0.05) is 6.07 Å². The van der Waals surface area contributed by atoms with Crippen LogP contribution in [0.15, 0.2) is 55.4 Å². The van der Waals surface area contributed by atoms with Gasteiger partial charge in [-0.05, 0) is 18.2 Å². The number of aromatic nitrogens is 4. The zero-order chi connectivity index (χ0) is 13.8. The molecule has 3 heterocycles. The monoisotopic (exact) mass is 265 g/mol. The number of nitrogens with two attached hydrogens (primary N) is 1. The lowest BCUT2D eigenvalue weighted by molar-refractivity contribution is 0.690. The van der Waals surface area contributed by atoms with Gasteiger partial charge in [0.15, 0.2) is 0 Å². The zero-order valence-electron chi connectivity index (χ0n) is 11.0. The Balaban J connectivity index is 1.83. The topological polar surface area (TPSA) is 69.6 Å². The van der Waals surface area contributed by atoms with E-state index in [4.69, 9.17) is 5.73 Å². The first-order valence-corrected chi connectivity index (χ1v) is 6.44. The van der Waals surface area contributed by atoms with E-state index in [1.54, 1.807) is 18.5 Å². The molecule has 0 bridgehead atoms. The molecule has 0 aliphatic carbocycles. The van der Waals surface area contributed by atoms with E-state index in [2.05, 4.69) is 19.5 Å². The minimum atomic E-state index is 0.708. The van der Waals surface area contributed by atoms with Gasteiger partial charge in [0.1, 0.15) is 0 Å². The van der Waals surface area contributed by atoms with E-state index in [0.29, 0.717) is 5.69 Å². The molecule has 0 saturated carbocycles. The average Bonchev–Trinajstić information content (AvgIpc) is 2.95. The summed E-state index contributed by atoms with van der Waals surface area (Å²) in [5, 5.41) is 0. The summed E-state index contributed by atoms with van der Waals surface area (Å²) in [5.74, 6) is 0. The maximum atomic E-state index is 5.99. The zero-order valence-corrected chi connectivity index (χ0v) is 11.0. The Labute approximate surface area is 117 Å². The lowest BCUT2D eigenvalue weighted by atomic mass is 10.2. The first kappa shape index (κ1) is 12.3. The molecular formula is C15H15N5. The van der Waals surface area contributed by atoms with Crippen LogP contribution >= 0.6 is 0 Å². The van der Waals surface area contributed by atoms with E-state index in [1.165, 1.54) is 0 Å². The minimum Gasteiger partial charge on any atom is -0.398 e. The molecular weight excluding hydrogens is 250 g/mol. The lowest BCUT2D eigenvalue weighted by Crippen LogP contribution is -2.04. The van der Waals surface area contributed by atoms with Gasteiger partial charge in [-0.2, -0.15) is 0 Å². The first-order valence-electron chi connectivity index (χ1n) is 6.44. The molecule has 0 aromatic carbocycles. The fourth-order valence-electron chi connectivity index (χ4n) is 2.12. The van der Waals surface area contributed by atoms with Crippen LogP contribution in [0.25, 0.3) is 11.3 Å². The van der Waals surface area contributed by atoms with Gasteiger partial charge in [0.25, 0.3) is 0 Å². The van der Waals surface area contributed by atoms with Crippen molar-refractivity contribution in [1.82, 2.24) is 19.5 Å². The van der Waals surface area contributed by atoms with Gasteiger partial charge >= 0.3 is 0 Å². The summed E-state index contributed by atoms with van der Waals surface area (Å²) in [6.07, 6.45) is 9.74. The third kappa shape index (κ3) is 2.51. The number of pyridine rings is 2. The molecule has 0 amide bonds. The fourth-order valence-corrected chi connectivity index (χ4v) is 2.12. The smallest absolute Gasteiger partial charge is 0.0951 e. The molecule has 3 aromatic rings. The van der Waals surface area contributed by atoms with Crippen LogP contribution in [0.4, 0.5) is 5.69 Å². The quantitative estimate of drug-likeness (QED) is 0.784. The Bertz CT molecular complexity index is 690. The third-order valence-corrected chi connectivity index (χ3v) is 3.18. The Hall–Kier alpha value is -2.69. The number of hydrogen-bond acceptors (Lipinski definition) is 4. The molecule has 0 aliphatic heterocycles. The number of hydrogen-bond donors (Lipinski definition) is 1. The highest BCUT2D eigenvalue weighted by Gasteiger charge is 2.08. The van der Waals surface area contributed by atoms with E-state index < -0.39 is 0 Å². The Kier molecular flexibility index (Phi) is 3.41. The summed E-state index contributed by atoms with van der Waals surface area (Å²) < 4.78 is 2.07. The van der Waals surface area contributed by atoms with Crippen LogP contribution in [0.1, 0.15) is 5.69 Å². The van der Waals surface area contributed by atoms with Crippen molar-refractivity contribution in [3.05, 3.63) is 61.1 Å². The van der Waals surface area contributed by atoms with Gasteiger partial charge in [0.05, 0.1) is 18.2 Å². The van der Waals surface area contributed by atoms with Crippen molar-refractivity contribution in [2.75, 3.05) is 5.73 Å². The molecule has 20 heavy (non-hydrogen) atoms. The standard InChI is InChI=1S/C15H15N5/c16-14-4-7-17-9-13(14)15-10-18-11-20(15)8-5-12-3-1-2-6-19-12/h1-4,6-7,9-11H,5,8H2,(H2,16,17). The number of aryl methyl sites for hydroxylation is 2. The predicted molar refractivity (Wildman–Crippen MR) is 77.8 cm³/mol. The van der Waals surface area contributed by atoms with Gasteiger partial charge in [-0.25, -0.2) is 4.98 Å². The minimum absolute atomic E-state index is 0.708. The molecule has 0 aliphatic rings. The molecule has 3 aromatic heterocycles. The van der Waals surface area contributed by atoms with Crippen LogP contribution in [0.3, 0.4) is 0 Å². The summed E-state index contributed by atoms with van der Waals surface area (Å²) in [7, 11) is 0. The van der Waals surface area contributed by atoms with E-state index in [0.717, 1.165) is 29.9 Å². The largest absolute Gasteiger partial charge is 0.398 e. The SMILES string of the molecule is Nc1ccncc1-c1cncn1CCc1ccccn1. The first-order chi connectivity index (χ1) is 9.84. The second kappa shape index (κ2) is 5.52. The summed E-state index contributed by atoms with van der Waals surface area (Å²) in [5.41, 5.74) is 9.65. The Morgan fingerprint density at radius 2 is 2.00 bits per heavy atom. The molecule has 100 valence electrons. The highest BCUT2D eigenvalue weighted by Crippen LogP contribution is 2.24. The van der Waals surface area contributed by atoms with Crippen molar-refractivity contribution in [3.63, 3.8) is 0 Å². The summed E-state index contributed by atoms with van der Waals surface area (Å²) in [6, 6.07) is 7.74. The Morgan fingerprint density at radius 3 is 2.80 bits per heavy atom. The van der Waals surface area contributed by atoms with Crippen molar-refractivity contribution >= 4 is 5.69 Å². The van der Waals surface area contributed by atoms with Gasteiger partial charge < -0.3 is 10.3 Å². The van der Waals surface area contributed by atoms with Crippen molar-refractivity contribution in [2.24, 2.45) is 0 Å². The van der Waals surface area contributed by atoms with Crippen molar-refractivity contribution in [1.29, 1.82) is 0 Å². The number of nitrogen functional groups attached to an aromatic ring is 1. The highest BCUT2D eigenvalue weighted by molar-refractivity contribution is 5.72. The van der Waals surface area contributed by atoms with Crippen LogP contribution in [0.5, 0.6) is 0 Å². The van der Waals surface area contributed by atoms with Crippen LogP contribution in [-0.2, 0) is 13.0 Å². The van der Waals surface area contributed by atoms with Gasteiger partial charge in [-0.15, -0.1) is 0 Å². The van der Waals surface area contributed by atoms with Crippen LogP contribution in [0, 0.1) is 0 Å². The number of imidazole rings is 1. The fraction of sp³-hybridized carbons (Fsp3) is 0.133. The summed E-state index contributed by atoms with van der Waals surface area (Å²) in [4.78, 5) is 12.7. The lowest BCUT2D eigenvalue weighted by Gasteiger charge is -2.09. The van der Waals surface area contributed by atoms with Crippen LogP contribution in [0.2, 0.25) is 0 Å². The van der Waals surface area contributed by atoms with Gasteiger partial charge in [0, 0.05) is 48.5 Å². The predicted octanol–water partition coefficient (Wildman–Crippen LogP) is 2.17. The van der Waals surface area contributed by atoms with Crippen molar-refractivity contribution in [2.45, 2.75) is 13.0 Å². The molecule has 0 radical (unpaired) electrons. The van der Waals surface area contributed by atoms with Crippen molar-refractivity contribution < 1.29 is 0 Å². The molecule has 5 nitrogen and oxygen atoms in total. The normalized spacial score (nSPS) is 10.6. The maximum absolute atomic E-state index is 5.99. The van der Waals surface area contributed by atoms with E-state index in [-0.39, 0.29) is 0 Å². The molecule has 5 heteroatoms. The van der Waals surface area contributed by atoms with Crippen LogP contribution in [-0.4, -0.2) is 19.5 Å². The van der Waals surface area contributed by atoms with Crippen LogP contribution < -0.4 is 5.73 Å². The number of anilines is 1. The molecule has 0 unspecified atom stereocenters. The number of rotatable bonds is 4. The highest BCUT2D eigenvalue weighted by atomic mass is 15.0. The second-order valence-electron chi connectivity index (χ2n) is 4.51. The second-order valence-corrected chi connectivity index (χ2v) is 4.51. The van der Waals surface area contributed by atoms with Crippen molar-refractivity contribution in [3.8, 4) is 11.3 Å². The molecule has 2 N–H and O–H groups in total. The molecule has 0 spiro atoms. The summed E-state index contributed by atoms with van der Waals surface area (Å²) >= 11 is 0. The maximum Gasteiger partial charge on any atom is 0.0951 e. The molecule has 0 saturated heterocycles. The van der Waals surface area contributed by atoms with Gasteiger partial charge in [-0.3, -0.25) is 9.97 Å². The molecule has 0 fully saturated rings. The summed E-state index contributed by atoms with van der Waals surface area (Å²) in [6.45, 7) is 0.806. The van der Waals surface area contributed by atoms with E-state index in [9.17, 15) is 0 Å². The van der Waals surface area contributed by atoms with E-state index in [1.807, 2.05) is 36.9 Å². The van der Waals surface area contributed by atoms with E-state index >= 15 is 0 Å². The van der Waals surface area contributed by atoms with Gasteiger partial charge in [0.2, 0.25) is 0 Å². The average molecular weight is 265 g/mol. The Morgan fingerprint density at radius 1 is 1.05 bits per heavy atom. The molecule has 3 rings (SSSR count).